The Balaban J connectivity index is 2.73. The van der Waals surface area contributed by atoms with Crippen molar-refractivity contribution in [2.24, 2.45) is 5.73 Å². The number of hydrogen-bond acceptors (Lipinski definition) is 4. The number of halogens is 1. The summed E-state index contributed by atoms with van der Waals surface area (Å²) >= 11 is 0. The molecule has 1 aromatic carbocycles. The van der Waals surface area contributed by atoms with Gasteiger partial charge in [-0.05, 0) is 31.0 Å². The Morgan fingerprint density at radius 1 is 1.53 bits per heavy atom. The Kier molecular flexibility index (Phi) is 4.90. The maximum absolute atomic E-state index is 13.5. The van der Waals surface area contributed by atoms with Crippen molar-refractivity contribution < 1.29 is 18.7 Å². The number of carbonyl (C=O) groups is 1. The molecule has 1 unspecified atom stereocenters. The summed E-state index contributed by atoms with van der Waals surface area (Å²) in [6, 6.07) is 3.74. The molecule has 0 bridgehead atoms. The van der Waals surface area contributed by atoms with Gasteiger partial charge in [-0.25, -0.2) is 4.39 Å². The fourth-order valence-electron chi connectivity index (χ4n) is 1.43. The average Bonchev–Trinajstić information content (AvgIpc) is 2.31. The van der Waals surface area contributed by atoms with Crippen LogP contribution in [0.2, 0.25) is 0 Å². The number of methoxy groups -OCH3 is 1. The van der Waals surface area contributed by atoms with E-state index in [1.54, 1.807) is 13.0 Å². The molecule has 0 fully saturated rings. The maximum Gasteiger partial charge on any atom is 0.322 e. The molecule has 2 N–H and O–H groups in total. The zero-order valence-corrected chi connectivity index (χ0v) is 9.90. The number of benzene rings is 1. The third-order valence-electron chi connectivity index (χ3n) is 2.26. The molecule has 17 heavy (non-hydrogen) atoms. The first-order valence-electron chi connectivity index (χ1n) is 5.33. The van der Waals surface area contributed by atoms with Crippen molar-refractivity contribution >= 4 is 5.97 Å². The minimum Gasteiger partial charge on any atom is -0.491 e. The SMILES string of the molecule is CCOc1ccc(CC(N)C(=O)OC)cc1F. The van der Waals surface area contributed by atoms with Crippen LogP contribution in [0.5, 0.6) is 5.75 Å². The van der Waals surface area contributed by atoms with Gasteiger partial charge in [0.05, 0.1) is 13.7 Å². The van der Waals surface area contributed by atoms with Gasteiger partial charge in [0.15, 0.2) is 11.6 Å². The molecule has 0 aliphatic carbocycles. The third-order valence-corrected chi connectivity index (χ3v) is 2.26. The van der Waals surface area contributed by atoms with Gasteiger partial charge in [-0.3, -0.25) is 4.79 Å². The predicted octanol–water partition coefficient (Wildman–Crippen LogP) is 1.27. The standard InChI is InChI=1S/C12H16FNO3/c1-3-17-11-5-4-8(6-9(11)13)7-10(14)12(15)16-2/h4-6,10H,3,7,14H2,1-2H3. The van der Waals surface area contributed by atoms with Crippen LogP contribution in [0, 0.1) is 5.82 Å². The van der Waals surface area contributed by atoms with Gasteiger partial charge in [-0.1, -0.05) is 6.07 Å². The van der Waals surface area contributed by atoms with Crippen molar-refractivity contribution in [1.82, 2.24) is 0 Å². The number of nitrogens with two attached hydrogens (primary N) is 1. The van der Waals surface area contributed by atoms with Gasteiger partial charge in [-0.15, -0.1) is 0 Å². The second kappa shape index (κ2) is 6.20. The lowest BCUT2D eigenvalue weighted by molar-refractivity contribution is -0.142. The molecule has 0 heterocycles. The topological polar surface area (TPSA) is 61.5 Å². The lowest BCUT2D eigenvalue weighted by atomic mass is 10.1. The molecule has 1 atom stereocenters. The zero-order chi connectivity index (χ0) is 12.8. The lowest BCUT2D eigenvalue weighted by Crippen LogP contribution is -2.33. The zero-order valence-electron chi connectivity index (χ0n) is 9.90. The molecule has 0 saturated carbocycles. The molecule has 5 heteroatoms. The van der Waals surface area contributed by atoms with E-state index in [1.807, 2.05) is 0 Å². The maximum atomic E-state index is 13.5. The number of carbonyl (C=O) groups excluding carboxylic acids is 1. The van der Waals surface area contributed by atoms with E-state index in [0.29, 0.717) is 12.2 Å². The predicted molar refractivity (Wildman–Crippen MR) is 61.3 cm³/mol. The normalized spacial score (nSPS) is 12.0. The van der Waals surface area contributed by atoms with Gasteiger partial charge in [-0.2, -0.15) is 0 Å². The van der Waals surface area contributed by atoms with E-state index < -0.39 is 17.8 Å². The molecule has 0 amide bonds. The van der Waals surface area contributed by atoms with Crippen molar-refractivity contribution in [3.63, 3.8) is 0 Å². The third kappa shape index (κ3) is 3.71. The minimum atomic E-state index is -0.780. The second-order valence-corrected chi connectivity index (χ2v) is 3.53. The molecule has 0 radical (unpaired) electrons. The van der Waals surface area contributed by atoms with Crippen molar-refractivity contribution in [3.8, 4) is 5.75 Å². The lowest BCUT2D eigenvalue weighted by Gasteiger charge is -2.10. The molecule has 0 aromatic heterocycles. The molecule has 4 nitrogen and oxygen atoms in total. The smallest absolute Gasteiger partial charge is 0.322 e. The van der Waals surface area contributed by atoms with E-state index in [9.17, 15) is 9.18 Å². The largest absolute Gasteiger partial charge is 0.491 e. The average molecular weight is 241 g/mol. The Morgan fingerprint density at radius 3 is 2.76 bits per heavy atom. The monoisotopic (exact) mass is 241 g/mol. The molecule has 0 spiro atoms. The highest BCUT2D eigenvalue weighted by atomic mass is 19.1. The highest BCUT2D eigenvalue weighted by Crippen LogP contribution is 2.19. The summed E-state index contributed by atoms with van der Waals surface area (Å²) in [6.07, 6.45) is 0.232. The van der Waals surface area contributed by atoms with E-state index in [-0.39, 0.29) is 12.2 Å². The van der Waals surface area contributed by atoms with Crippen LogP contribution in [0.1, 0.15) is 12.5 Å². The number of hydrogen-bond donors (Lipinski definition) is 1. The summed E-state index contributed by atoms with van der Waals surface area (Å²) < 4.78 is 23.1. The fraction of sp³-hybridized carbons (Fsp3) is 0.417. The number of ether oxygens (including phenoxy) is 2. The van der Waals surface area contributed by atoms with Crippen LogP contribution in [-0.2, 0) is 16.0 Å². The molecule has 1 aromatic rings. The first kappa shape index (κ1) is 13.4. The summed E-state index contributed by atoms with van der Waals surface area (Å²) in [5, 5.41) is 0. The summed E-state index contributed by atoms with van der Waals surface area (Å²) in [5.41, 5.74) is 6.21. The second-order valence-electron chi connectivity index (χ2n) is 3.53. The first-order valence-corrected chi connectivity index (χ1v) is 5.33. The van der Waals surface area contributed by atoms with Gasteiger partial charge < -0.3 is 15.2 Å². The summed E-state index contributed by atoms with van der Waals surface area (Å²) in [7, 11) is 1.26. The molecule has 1 rings (SSSR count). The van der Waals surface area contributed by atoms with Crippen LogP contribution in [0.3, 0.4) is 0 Å². The van der Waals surface area contributed by atoms with Crippen molar-refractivity contribution in [2.75, 3.05) is 13.7 Å². The molecule has 0 saturated heterocycles. The van der Waals surface area contributed by atoms with Crippen LogP contribution in [0.25, 0.3) is 0 Å². The quantitative estimate of drug-likeness (QED) is 0.788. The van der Waals surface area contributed by atoms with E-state index >= 15 is 0 Å². The molecule has 0 aliphatic heterocycles. The molecular weight excluding hydrogens is 225 g/mol. The summed E-state index contributed by atoms with van der Waals surface area (Å²) in [4.78, 5) is 11.1. The van der Waals surface area contributed by atoms with E-state index in [1.165, 1.54) is 19.2 Å². The highest BCUT2D eigenvalue weighted by Gasteiger charge is 2.15. The van der Waals surface area contributed by atoms with E-state index in [2.05, 4.69) is 4.74 Å². The Morgan fingerprint density at radius 2 is 2.24 bits per heavy atom. The highest BCUT2D eigenvalue weighted by molar-refractivity contribution is 5.75. The van der Waals surface area contributed by atoms with Gasteiger partial charge in [0, 0.05) is 0 Å². The summed E-state index contributed by atoms with van der Waals surface area (Å²) in [5.74, 6) is -0.774. The van der Waals surface area contributed by atoms with Crippen molar-refractivity contribution in [1.29, 1.82) is 0 Å². The van der Waals surface area contributed by atoms with Crippen LogP contribution < -0.4 is 10.5 Å². The van der Waals surface area contributed by atoms with Gasteiger partial charge in [0.25, 0.3) is 0 Å². The summed E-state index contributed by atoms with van der Waals surface area (Å²) in [6.45, 7) is 2.18. The van der Waals surface area contributed by atoms with Crippen molar-refractivity contribution in [2.45, 2.75) is 19.4 Å². The molecule has 0 aliphatic rings. The van der Waals surface area contributed by atoms with E-state index in [0.717, 1.165) is 0 Å². The van der Waals surface area contributed by atoms with Crippen LogP contribution in [0.4, 0.5) is 4.39 Å². The van der Waals surface area contributed by atoms with Gasteiger partial charge >= 0.3 is 5.97 Å². The van der Waals surface area contributed by atoms with Crippen molar-refractivity contribution in [3.05, 3.63) is 29.6 Å². The Bertz CT molecular complexity index is 395. The molecule has 94 valence electrons. The van der Waals surface area contributed by atoms with Crippen LogP contribution in [0.15, 0.2) is 18.2 Å². The van der Waals surface area contributed by atoms with E-state index in [4.69, 9.17) is 10.5 Å². The van der Waals surface area contributed by atoms with Gasteiger partial charge in [0.2, 0.25) is 0 Å². The number of esters is 1. The Hall–Kier alpha value is -1.62. The first-order chi connectivity index (χ1) is 8.08. The van der Waals surface area contributed by atoms with Gasteiger partial charge in [0.1, 0.15) is 6.04 Å². The fourth-order valence-corrected chi connectivity index (χ4v) is 1.43. The molecular formula is C12H16FNO3. The number of rotatable bonds is 5. The van der Waals surface area contributed by atoms with Crippen LogP contribution >= 0.6 is 0 Å². The minimum absolute atomic E-state index is 0.197. The van der Waals surface area contributed by atoms with Crippen LogP contribution in [-0.4, -0.2) is 25.7 Å². The Labute approximate surface area is 99.5 Å².